The molecule has 0 aliphatic rings. The third-order valence-electron chi connectivity index (χ3n) is 2.19. The fourth-order valence-electron chi connectivity index (χ4n) is 1.43. The summed E-state index contributed by atoms with van der Waals surface area (Å²) in [6.07, 6.45) is 0. The molecule has 2 N–H and O–H groups in total. The maximum atomic E-state index is 5.91. The summed E-state index contributed by atoms with van der Waals surface area (Å²) >= 11 is 5.91. The smallest absolute Gasteiger partial charge is 0.0409 e. The van der Waals surface area contributed by atoms with Crippen LogP contribution in [0.15, 0.2) is 24.3 Å². The van der Waals surface area contributed by atoms with Crippen molar-refractivity contribution >= 4 is 11.6 Å². The van der Waals surface area contributed by atoms with Crippen molar-refractivity contribution < 1.29 is 0 Å². The van der Waals surface area contributed by atoms with E-state index in [0.717, 1.165) is 24.7 Å². The van der Waals surface area contributed by atoms with E-state index in [0.29, 0.717) is 6.54 Å². The Labute approximate surface area is 90.7 Å². The van der Waals surface area contributed by atoms with Crippen LogP contribution >= 0.6 is 11.6 Å². The van der Waals surface area contributed by atoms with E-state index in [2.05, 4.69) is 17.9 Å². The lowest BCUT2D eigenvalue weighted by Gasteiger charge is -2.19. The van der Waals surface area contributed by atoms with E-state index < -0.39 is 0 Å². The Kier molecular flexibility index (Phi) is 4.94. The van der Waals surface area contributed by atoms with Gasteiger partial charge in [-0.2, -0.15) is 0 Å². The number of rotatable bonds is 5. The lowest BCUT2D eigenvalue weighted by molar-refractivity contribution is 0.288. The van der Waals surface area contributed by atoms with E-state index in [-0.39, 0.29) is 0 Å². The molecule has 0 atom stereocenters. The van der Waals surface area contributed by atoms with Crippen LogP contribution in [-0.4, -0.2) is 24.5 Å². The standard InChI is InChI=1S/C11H17ClN2/c1-2-14(7-6-13)9-10-4-3-5-11(12)8-10/h3-5,8H,2,6-7,9,13H2,1H3. The highest BCUT2D eigenvalue weighted by Gasteiger charge is 2.02. The first kappa shape index (κ1) is 11.5. The normalized spacial score (nSPS) is 10.9. The SMILES string of the molecule is CCN(CCN)Cc1cccc(Cl)c1. The number of likely N-dealkylation sites (N-methyl/N-ethyl adjacent to an activating group) is 1. The summed E-state index contributed by atoms with van der Waals surface area (Å²) in [5.41, 5.74) is 6.76. The summed E-state index contributed by atoms with van der Waals surface area (Å²) in [6.45, 7) is 5.72. The average Bonchev–Trinajstić information content (AvgIpc) is 2.17. The van der Waals surface area contributed by atoms with Gasteiger partial charge in [-0.1, -0.05) is 30.7 Å². The van der Waals surface area contributed by atoms with E-state index in [9.17, 15) is 0 Å². The molecule has 0 amide bonds. The van der Waals surface area contributed by atoms with Gasteiger partial charge in [-0.3, -0.25) is 4.90 Å². The Morgan fingerprint density at radius 2 is 2.21 bits per heavy atom. The molecule has 0 heterocycles. The number of hydrogen-bond donors (Lipinski definition) is 1. The van der Waals surface area contributed by atoms with Gasteiger partial charge in [0.25, 0.3) is 0 Å². The fourth-order valence-corrected chi connectivity index (χ4v) is 1.64. The molecule has 2 nitrogen and oxygen atoms in total. The highest BCUT2D eigenvalue weighted by Crippen LogP contribution is 2.12. The van der Waals surface area contributed by atoms with Gasteiger partial charge in [0, 0.05) is 24.7 Å². The van der Waals surface area contributed by atoms with E-state index >= 15 is 0 Å². The van der Waals surface area contributed by atoms with Crippen molar-refractivity contribution in [1.82, 2.24) is 4.90 Å². The minimum absolute atomic E-state index is 0.703. The highest BCUT2D eigenvalue weighted by molar-refractivity contribution is 6.30. The summed E-state index contributed by atoms with van der Waals surface area (Å²) in [6, 6.07) is 7.96. The molecule has 0 saturated heterocycles. The first-order valence-corrected chi connectivity index (χ1v) is 5.31. The Morgan fingerprint density at radius 3 is 2.79 bits per heavy atom. The van der Waals surface area contributed by atoms with Crippen molar-refractivity contribution in [2.45, 2.75) is 13.5 Å². The molecule has 1 aromatic rings. The first-order chi connectivity index (χ1) is 6.76. The first-order valence-electron chi connectivity index (χ1n) is 4.93. The van der Waals surface area contributed by atoms with Crippen LogP contribution in [0.3, 0.4) is 0 Å². The molecule has 0 bridgehead atoms. The zero-order valence-corrected chi connectivity index (χ0v) is 9.30. The molecule has 78 valence electrons. The molecule has 1 aromatic carbocycles. The Hall–Kier alpha value is -0.570. The van der Waals surface area contributed by atoms with E-state index in [1.807, 2.05) is 18.2 Å². The van der Waals surface area contributed by atoms with Crippen molar-refractivity contribution in [3.63, 3.8) is 0 Å². The molecule has 0 radical (unpaired) electrons. The van der Waals surface area contributed by atoms with Crippen LogP contribution in [-0.2, 0) is 6.54 Å². The van der Waals surface area contributed by atoms with Crippen LogP contribution in [0.2, 0.25) is 5.02 Å². The summed E-state index contributed by atoms with van der Waals surface area (Å²) in [4.78, 5) is 2.30. The van der Waals surface area contributed by atoms with Crippen LogP contribution in [0.1, 0.15) is 12.5 Å². The van der Waals surface area contributed by atoms with Crippen LogP contribution in [0.5, 0.6) is 0 Å². The van der Waals surface area contributed by atoms with Crippen molar-refractivity contribution in [1.29, 1.82) is 0 Å². The molecule has 0 aromatic heterocycles. The van der Waals surface area contributed by atoms with Gasteiger partial charge in [0.15, 0.2) is 0 Å². The van der Waals surface area contributed by atoms with Gasteiger partial charge >= 0.3 is 0 Å². The zero-order valence-electron chi connectivity index (χ0n) is 8.54. The number of nitrogens with zero attached hydrogens (tertiary/aromatic N) is 1. The molecule has 0 aliphatic carbocycles. The van der Waals surface area contributed by atoms with Gasteiger partial charge in [0.2, 0.25) is 0 Å². The molecule has 3 heteroatoms. The summed E-state index contributed by atoms with van der Waals surface area (Å²) in [5, 5.41) is 0.798. The van der Waals surface area contributed by atoms with Gasteiger partial charge in [0.1, 0.15) is 0 Å². The predicted molar refractivity (Wildman–Crippen MR) is 61.5 cm³/mol. The Bertz CT molecular complexity index is 276. The molecule has 0 fully saturated rings. The van der Waals surface area contributed by atoms with Crippen molar-refractivity contribution in [2.24, 2.45) is 5.73 Å². The van der Waals surface area contributed by atoms with Crippen LogP contribution in [0, 0.1) is 0 Å². The molecule has 0 unspecified atom stereocenters. The van der Waals surface area contributed by atoms with Crippen molar-refractivity contribution in [3.8, 4) is 0 Å². The molecule has 0 aliphatic heterocycles. The molecular weight excluding hydrogens is 196 g/mol. The van der Waals surface area contributed by atoms with E-state index in [1.165, 1.54) is 5.56 Å². The number of halogens is 1. The van der Waals surface area contributed by atoms with Gasteiger partial charge < -0.3 is 5.73 Å². The van der Waals surface area contributed by atoms with Crippen LogP contribution in [0.25, 0.3) is 0 Å². The molecule has 1 rings (SSSR count). The summed E-state index contributed by atoms with van der Waals surface area (Å²) in [5.74, 6) is 0. The minimum Gasteiger partial charge on any atom is -0.329 e. The quantitative estimate of drug-likeness (QED) is 0.810. The number of hydrogen-bond acceptors (Lipinski definition) is 2. The molecule has 14 heavy (non-hydrogen) atoms. The highest BCUT2D eigenvalue weighted by atomic mass is 35.5. The Morgan fingerprint density at radius 1 is 1.43 bits per heavy atom. The second-order valence-corrected chi connectivity index (χ2v) is 3.72. The predicted octanol–water partition coefficient (Wildman–Crippen LogP) is 2.12. The topological polar surface area (TPSA) is 29.3 Å². The van der Waals surface area contributed by atoms with Crippen LogP contribution < -0.4 is 5.73 Å². The molecular formula is C11H17ClN2. The minimum atomic E-state index is 0.703. The second kappa shape index (κ2) is 6.02. The van der Waals surface area contributed by atoms with Crippen molar-refractivity contribution in [3.05, 3.63) is 34.9 Å². The van der Waals surface area contributed by atoms with Crippen LogP contribution in [0.4, 0.5) is 0 Å². The fraction of sp³-hybridized carbons (Fsp3) is 0.455. The molecule has 0 spiro atoms. The van der Waals surface area contributed by atoms with E-state index in [4.69, 9.17) is 17.3 Å². The largest absolute Gasteiger partial charge is 0.329 e. The van der Waals surface area contributed by atoms with Crippen molar-refractivity contribution in [2.75, 3.05) is 19.6 Å². The third kappa shape index (κ3) is 3.66. The van der Waals surface area contributed by atoms with E-state index in [1.54, 1.807) is 0 Å². The zero-order chi connectivity index (χ0) is 10.4. The number of benzene rings is 1. The summed E-state index contributed by atoms with van der Waals surface area (Å²) in [7, 11) is 0. The Balaban J connectivity index is 2.57. The van der Waals surface area contributed by atoms with Gasteiger partial charge in [-0.15, -0.1) is 0 Å². The monoisotopic (exact) mass is 212 g/mol. The average molecular weight is 213 g/mol. The maximum Gasteiger partial charge on any atom is 0.0409 e. The number of nitrogens with two attached hydrogens (primary N) is 1. The maximum absolute atomic E-state index is 5.91. The second-order valence-electron chi connectivity index (χ2n) is 3.29. The lowest BCUT2D eigenvalue weighted by atomic mass is 10.2. The third-order valence-corrected chi connectivity index (χ3v) is 2.42. The van der Waals surface area contributed by atoms with Gasteiger partial charge in [-0.25, -0.2) is 0 Å². The molecule has 0 saturated carbocycles. The van der Waals surface area contributed by atoms with Gasteiger partial charge in [-0.05, 0) is 24.2 Å². The lowest BCUT2D eigenvalue weighted by Crippen LogP contribution is -2.28. The van der Waals surface area contributed by atoms with Gasteiger partial charge in [0.05, 0.1) is 0 Å². The summed E-state index contributed by atoms with van der Waals surface area (Å²) < 4.78 is 0.